The summed E-state index contributed by atoms with van der Waals surface area (Å²) in [6.07, 6.45) is -0.559. The third kappa shape index (κ3) is 8.17. The Morgan fingerprint density at radius 1 is 0.912 bits per heavy atom. The first-order valence-corrected chi connectivity index (χ1v) is 11.0. The summed E-state index contributed by atoms with van der Waals surface area (Å²) in [5, 5.41) is 25.2. The van der Waals surface area contributed by atoms with Crippen LogP contribution in [0.4, 0.5) is 0 Å². The maximum absolute atomic E-state index is 12.5. The average molecular weight is 473 g/mol. The largest absolute Gasteiger partial charge is 0.490 e. The fourth-order valence-corrected chi connectivity index (χ4v) is 3.82. The maximum atomic E-state index is 12.5. The third-order valence-electron chi connectivity index (χ3n) is 5.36. The number of benzene rings is 2. The van der Waals surface area contributed by atoms with Gasteiger partial charge in [0.2, 0.25) is 0 Å². The number of β-amino-alcohol motifs (C(OH)–C–C–N with tert-alkyl or cyclic N) is 1. The van der Waals surface area contributed by atoms with Crippen LogP contribution in [-0.4, -0.2) is 88.4 Å². The van der Waals surface area contributed by atoms with E-state index in [9.17, 15) is 9.90 Å². The van der Waals surface area contributed by atoms with Crippen LogP contribution in [0.1, 0.15) is 27.0 Å². The van der Waals surface area contributed by atoms with E-state index >= 15 is 0 Å². The quantitative estimate of drug-likeness (QED) is 0.545. The molecule has 1 unspecified atom stereocenters. The van der Waals surface area contributed by atoms with Gasteiger partial charge in [0.25, 0.3) is 5.91 Å². The van der Waals surface area contributed by atoms with Gasteiger partial charge >= 0.3 is 11.9 Å². The van der Waals surface area contributed by atoms with Gasteiger partial charge in [-0.3, -0.25) is 9.69 Å². The molecular formula is C25H32N2O7. The maximum Gasteiger partial charge on any atom is 0.414 e. The summed E-state index contributed by atoms with van der Waals surface area (Å²) in [5.74, 6) is -2.71. The topological polar surface area (TPSA) is 128 Å². The number of carboxylic acids is 2. The van der Waals surface area contributed by atoms with Crippen molar-refractivity contribution in [2.45, 2.75) is 26.9 Å². The Morgan fingerprint density at radius 2 is 1.44 bits per heavy atom. The Bertz CT molecular complexity index is 951. The molecule has 1 fully saturated rings. The molecule has 1 atom stereocenters. The summed E-state index contributed by atoms with van der Waals surface area (Å²) in [6, 6.07) is 13.6. The molecule has 1 saturated heterocycles. The second-order valence-corrected chi connectivity index (χ2v) is 8.26. The average Bonchev–Trinajstić information content (AvgIpc) is 2.79. The van der Waals surface area contributed by atoms with E-state index in [1.54, 1.807) is 0 Å². The van der Waals surface area contributed by atoms with Crippen LogP contribution < -0.4 is 4.74 Å². The van der Waals surface area contributed by atoms with E-state index in [0.29, 0.717) is 19.6 Å². The zero-order chi connectivity index (χ0) is 25.3. The number of aryl methyl sites for hydroxylation is 3. The molecule has 1 heterocycles. The molecule has 0 saturated carbocycles. The van der Waals surface area contributed by atoms with Gasteiger partial charge in [-0.15, -0.1) is 0 Å². The van der Waals surface area contributed by atoms with Gasteiger partial charge in [-0.25, -0.2) is 9.59 Å². The molecule has 2 aromatic carbocycles. The van der Waals surface area contributed by atoms with E-state index in [-0.39, 0.29) is 12.5 Å². The predicted octanol–water partition coefficient (Wildman–Crippen LogP) is 1.97. The molecule has 1 aliphatic rings. The van der Waals surface area contributed by atoms with Crippen molar-refractivity contribution >= 4 is 17.8 Å². The van der Waals surface area contributed by atoms with Gasteiger partial charge < -0.3 is 25.0 Å². The van der Waals surface area contributed by atoms with Crippen LogP contribution in [0.25, 0.3) is 0 Å². The number of amides is 1. The summed E-state index contributed by atoms with van der Waals surface area (Å²) in [5.41, 5.74) is 4.13. The molecule has 34 heavy (non-hydrogen) atoms. The minimum atomic E-state index is -1.82. The molecule has 2 aromatic rings. The highest BCUT2D eigenvalue weighted by Crippen LogP contribution is 2.24. The fraction of sp³-hybridized carbons (Fsp3) is 0.400. The normalized spacial score (nSPS) is 14.5. The number of aliphatic hydroxyl groups is 1. The molecule has 3 N–H and O–H groups in total. The number of carbonyl (C=O) groups is 3. The summed E-state index contributed by atoms with van der Waals surface area (Å²) in [4.78, 5) is 34.8. The molecule has 0 aromatic heterocycles. The summed E-state index contributed by atoms with van der Waals surface area (Å²) >= 11 is 0. The number of rotatable bonds is 6. The minimum absolute atomic E-state index is 0.0782. The zero-order valence-electron chi connectivity index (χ0n) is 19.7. The van der Waals surface area contributed by atoms with Crippen molar-refractivity contribution in [2.24, 2.45) is 0 Å². The van der Waals surface area contributed by atoms with Crippen molar-refractivity contribution in [1.29, 1.82) is 0 Å². The second-order valence-electron chi connectivity index (χ2n) is 8.26. The Labute approximate surface area is 199 Å². The van der Waals surface area contributed by atoms with E-state index in [0.717, 1.165) is 35.5 Å². The van der Waals surface area contributed by atoms with Gasteiger partial charge in [0, 0.05) is 38.3 Å². The molecule has 9 heteroatoms. The van der Waals surface area contributed by atoms with Crippen molar-refractivity contribution < 1.29 is 34.4 Å². The van der Waals surface area contributed by atoms with Crippen LogP contribution in [0.3, 0.4) is 0 Å². The SMILES string of the molecule is Cc1cc(C)c(OCC(O)CN2CCN(C(=O)c3ccccc3)CC2)c(C)c1.O=C(O)C(=O)O. The minimum Gasteiger partial charge on any atom is -0.490 e. The molecular weight excluding hydrogens is 440 g/mol. The number of carboxylic acid groups (broad SMARTS) is 2. The van der Waals surface area contributed by atoms with Gasteiger partial charge in [0.05, 0.1) is 0 Å². The molecule has 184 valence electrons. The molecule has 3 rings (SSSR count). The summed E-state index contributed by atoms with van der Waals surface area (Å²) < 4.78 is 5.90. The summed E-state index contributed by atoms with van der Waals surface area (Å²) in [7, 11) is 0. The Kier molecular flexibility index (Phi) is 10.0. The Morgan fingerprint density at radius 3 is 1.94 bits per heavy atom. The number of hydrogen-bond acceptors (Lipinski definition) is 6. The molecule has 0 radical (unpaired) electrons. The van der Waals surface area contributed by atoms with Gasteiger partial charge in [0.15, 0.2) is 0 Å². The predicted molar refractivity (Wildman–Crippen MR) is 126 cm³/mol. The summed E-state index contributed by atoms with van der Waals surface area (Å²) in [6.45, 7) is 9.84. The van der Waals surface area contributed by atoms with Crippen LogP contribution >= 0.6 is 0 Å². The Balaban J connectivity index is 0.000000604. The highest BCUT2D eigenvalue weighted by atomic mass is 16.5. The van der Waals surface area contributed by atoms with Crippen LogP contribution in [0.15, 0.2) is 42.5 Å². The molecule has 0 bridgehead atoms. The highest BCUT2D eigenvalue weighted by Gasteiger charge is 2.23. The van der Waals surface area contributed by atoms with Crippen molar-refractivity contribution in [3.63, 3.8) is 0 Å². The van der Waals surface area contributed by atoms with E-state index < -0.39 is 18.0 Å². The van der Waals surface area contributed by atoms with E-state index in [1.807, 2.05) is 49.1 Å². The van der Waals surface area contributed by atoms with Crippen LogP contribution in [-0.2, 0) is 9.59 Å². The molecule has 0 aliphatic carbocycles. The molecule has 1 aliphatic heterocycles. The van der Waals surface area contributed by atoms with Crippen LogP contribution in [0, 0.1) is 20.8 Å². The van der Waals surface area contributed by atoms with Gasteiger partial charge in [-0.05, 0) is 44.0 Å². The number of ether oxygens (including phenoxy) is 1. The van der Waals surface area contributed by atoms with E-state index in [2.05, 4.69) is 24.0 Å². The number of aliphatic carboxylic acids is 2. The lowest BCUT2D eigenvalue weighted by molar-refractivity contribution is -0.159. The van der Waals surface area contributed by atoms with Gasteiger partial charge in [0.1, 0.15) is 18.5 Å². The number of nitrogens with zero attached hydrogens (tertiary/aromatic N) is 2. The van der Waals surface area contributed by atoms with Crippen LogP contribution in [0.5, 0.6) is 5.75 Å². The number of carbonyl (C=O) groups excluding carboxylic acids is 1. The van der Waals surface area contributed by atoms with Crippen molar-refractivity contribution in [1.82, 2.24) is 9.80 Å². The zero-order valence-corrected chi connectivity index (χ0v) is 19.7. The van der Waals surface area contributed by atoms with Crippen molar-refractivity contribution in [2.75, 3.05) is 39.3 Å². The van der Waals surface area contributed by atoms with E-state index in [1.165, 1.54) is 5.56 Å². The lowest BCUT2D eigenvalue weighted by Gasteiger charge is -2.35. The molecule has 1 amide bonds. The fourth-order valence-electron chi connectivity index (χ4n) is 3.82. The monoisotopic (exact) mass is 472 g/mol. The van der Waals surface area contributed by atoms with E-state index in [4.69, 9.17) is 24.5 Å². The first kappa shape index (κ1) is 26.8. The van der Waals surface area contributed by atoms with Crippen molar-refractivity contribution in [3.8, 4) is 5.75 Å². The second kappa shape index (κ2) is 12.7. The third-order valence-corrected chi connectivity index (χ3v) is 5.36. The standard InChI is InChI=1S/C23H30N2O3.C2H2O4/c1-17-13-18(2)22(19(3)14-17)28-16-21(26)15-24-9-11-25(12-10-24)23(27)20-7-5-4-6-8-20;3-1(4)2(5)6/h4-8,13-14,21,26H,9-12,15-16H2,1-3H3;(H,3,4)(H,5,6). The first-order valence-electron chi connectivity index (χ1n) is 11.0. The van der Waals surface area contributed by atoms with Crippen LogP contribution in [0.2, 0.25) is 0 Å². The molecule has 0 spiro atoms. The van der Waals surface area contributed by atoms with Gasteiger partial charge in [-0.2, -0.15) is 0 Å². The first-order chi connectivity index (χ1) is 16.1. The number of piperazine rings is 1. The molecule has 9 nitrogen and oxygen atoms in total. The number of hydrogen-bond donors (Lipinski definition) is 3. The lowest BCUT2D eigenvalue weighted by Crippen LogP contribution is -2.51. The Hall–Kier alpha value is -3.43. The smallest absolute Gasteiger partial charge is 0.414 e. The van der Waals surface area contributed by atoms with Crippen molar-refractivity contribution in [3.05, 3.63) is 64.7 Å². The van der Waals surface area contributed by atoms with Gasteiger partial charge in [-0.1, -0.05) is 35.9 Å². The highest BCUT2D eigenvalue weighted by molar-refractivity contribution is 6.27. The lowest BCUT2D eigenvalue weighted by atomic mass is 10.1. The number of aliphatic hydroxyl groups excluding tert-OH is 1.